The van der Waals surface area contributed by atoms with E-state index >= 15 is 0 Å². The first-order valence-corrected chi connectivity index (χ1v) is 12.9. The van der Waals surface area contributed by atoms with Gasteiger partial charge in [0.05, 0.1) is 12.7 Å². The molecule has 2 N–H and O–H groups in total. The van der Waals surface area contributed by atoms with Gasteiger partial charge >= 0.3 is 0 Å². The van der Waals surface area contributed by atoms with Crippen LogP contribution in [-0.4, -0.2) is 57.8 Å². The van der Waals surface area contributed by atoms with Crippen molar-refractivity contribution in [1.29, 1.82) is 0 Å². The van der Waals surface area contributed by atoms with E-state index in [1.807, 2.05) is 24.3 Å². The first kappa shape index (κ1) is 23.2. The van der Waals surface area contributed by atoms with E-state index in [9.17, 15) is 18.0 Å². The fourth-order valence-electron chi connectivity index (χ4n) is 3.80. The minimum Gasteiger partial charge on any atom is -0.494 e. The van der Waals surface area contributed by atoms with Crippen LogP contribution in [0.5, 0.6) is 5.75 Å². The molecule has 2 aromatic carbocycles. The fraction of sp³-hybridized carbons (Fsp3) is 0.304. The summed E-state index contributed by atoms with van der Waals surface area (Å²) in [6, 6.07) is 14.0. The molecule has 2 heterocycles. The number of ether oxygens (including phenoxy) is 1. The molecule has 1 aliphatic heterocycles. The number of sulfonamides is 1. The zero-order chi connectivity index (χ0) is 23.4. The van der Waals surface area contributed by atoms with E-state index in [2.05, 4.69) is 10.6 Å². The van der Waals surface area contributed by atoms with E-state index < -0.39 is 15.9 Å². The summed E-state index contributed by atoms with van der Waals surface area (Å²) in [5, 5.41) is 7.05. The molecule has 1 aliphatic rings. The van der Waals surface area contributed by atoms with Gasteiger partial charge in [-0.1, -0.05) is 24.3 Å². The van der Waals surface area contributed by atoms with Crippen LogP contribution in [0.3, 0.4) is 0 Å². The summed E-state index contributed by atoms with van der Waals surface area (Å²) in [7, 11) is -2.18. The molecule has 10 heteroatoms. The van der Waals surface area contributed by atoms with Crippen LogP contribution >= 0.6 is 11.3 Å². The highest BCUT2D eigenvalue weighted by Gasteiger charge is 2.40. The van der Waals surface area contributed by atoms with Gasteiger partial charge in [-0.05, 0) is 43.7 Å². The highest BCUT2D eigenvalue weighted by Crippen LogP contribution is 2.37. The number of hydrogen-bond acceptors (Lipinski definition) is 7. The van der Waals surface area contributed by atoms with Crippen molar-refractivity contribution in [2.45, 2.75) is 17.7 Å². The Bertz CT molecular complexity index is 1290. The van der Waals surface area contributed by atoms with Crippen molar-refractivity contribution in [3.8, 4) is 5.75 Å². The molecule has 1 aromatic heterocycles. The van der Waals surface area contributed by atoms with Gasteiger partial charge in [0.1, 0.15) is 15.5 Å². The quantitative estimate of drug-likeness (QED) is 0.426. The lowest BCUT2D eigenvalue weighted by molar-refractivity contribution is 0.0869. The third-order valence-corrected chi connectivity index (χ3v) is 8.42. The lowest BCUT2D eigenvalue weighted by atomic mass is 10.2. The number of unbranched alkanes of at least 4 members (excludes halogenated alkanes) is 1. The molecule has 0 atom stereocenters. The van der Waals surface area contributed by atoms with Gasteiger partial charge in [0.15, 0.2) is 0 Å². The van der Waals surface area contributed by atoms with Crippen LogP contribution in [0, 0.1) is 0 Å². The smallest absolute Gasteiger partial charge is 0.269 e. The predicted molar refractivity (Wildman–Crippen MR) is 127 cm³/mol. The Morgan fingerprint density at radius 2 is 1.79 bits per heavy atom. The number of benzene rings is 2. The number of hydrogen-bond donors (Lipinski definition) is 2. The Morgan fingerprint density at radius 3 is 2.58 bits per heavy atom. The number of thiophene rings is 1. The third kappa shape index (κ3) is 4.59. The molecule has 0 bridgehead atoms. The Hall–Kier alpha value is -2.95. The number of nitrogens with one attached hydrogen (secondary N) is 2. The second-order valence-corrected chi connectivity index (χ2v) is 10.4. The lowest BCUT2D eigenvalue weighted by Gasteiger charge is -2.15. The van der Waals surface area contributed by atoms with E-state index in [1.165, 1.54) is 17.4 Å². The van der Waals surface area contributed by atoms with E-state index in [0.29, 0.717) is 43.1 Å². The molecular weight excluding hydrogens is 462 g/mol. The van der Waals surface area contributed by atoms with Crippen LogP contribution in [0.1, 0.15) is 32.9 Å². The summed E-state index contributed by atoms with van der Waals surface area (Å²) in [4.78, 5) is 25.6. The Balaban J connectivity index is 1.17. The van der Waals surface area contributed by atoms with Gasteiger partial charge in [0.2, 0.25) is 0 Å². The van der Waals surface area contributed by atoms with E-state index in [-0.39, 0.29) is 22.9 Å². The van der Waals surface area contributed by atoms with Gasteiger partial charge in [-0.2, -0.15) is 0 Å². The van der Waals surface area contributed by atoms with Crippen LogP contribution in [0.2, 0.25) is 0 Å². The monoisotopic (exact) mass is 487 g/mol. The van der Waals surface area contributed by atoms with Gasteiger partial charge in [-0.15, -0.1) is 11.3 Å². The second-order valence-electron chi connectivity index (χ2n) is 7.55. The summed E-state index contributed by atoms with van der Waals surface area (Å²) >= 11 is 1.40. The Labute approximate surface area is 196 Å². The first-order valence-electron chi connectivity index (χ1n) is 10.7. The highest BCUT2D eigenvalue weighted by molar-refractivity contribution is 7.90. The Morgan fingerprint density at radius 1 is 1.03 bits per heavy atom. The summed E-state index contributed by atoms with van der Waals surface area (Å²) in [6.45, 7) is 1.83. The van der Waals surface area contributed by atoms with Crippen molar-refractivity contribution in [2.24, 2.45) is 0 Å². The largest absolute Gasteiger partial charge is 0.494 e. The fourth-order valence-corrected chi connectivity index (χ4v) is 6.50. The highest BCUT2D eigenvalue weighted by atomic mass is 32.2. The summed E-state index contributed by atoms with van der Waals surface area (Å²) in [5.41, 5.74) is 0.238. The molecule has 2 amide bonds. The average Bonchev–Trinajstić information content (AvgIpc) is 3.29. The van der Waals surface area contributed by atoms with Crippen LogP contribution in [0.25, 0.3) is 10.1 Å². The van der Waals surface area contributed by atoms with Crippen LogP contribution in [0.15, 0.2) is 53.4 Å². The maximum Gasteiger partial charge on any atom is 0.269 e. The topological polar surface area (TPSA) is 105 Å². The van der Waals surface area contributed by atoms with Crippen molar-refractivity contribution in [3.05, 3.63) is 59.0 Å². The number of rotatable bonds is 10. The molecule has 0 spiro atoms. The number of amides is 2. The minimum atomic E-state index is -3.74. The van der Waals surface area contributed by atoms with Crippen LogP contribution in [-0.2, 0) is 10.0 Å². The number of carbonyl (C=O) groups excluding carboxylic acids is 2. The molecule has 0 saturated carbocycles. The van der Waals surface area contributed by atoms with Gasteiger partial charge in [0.25, 0.3) is 21.8 Å². The van der Waals surface area contributed by atoms with Gasteiger partial charge in [-0.25, -0.2) is 12.7 Å². The summed E-state index contributed by atoms with van der Waals surface area (Å²) in [5.74, 6) is -0.0419. The van der Waals surface area contributed by atoms with E-state index in [0.717, 1.165) is 14.4 Å². The summed E-state index contributed by atoms with van der Waals surface area (Å²) in [6.07, 6.45) is 1.25. The van der Waals surface area contributed by atoms with Crippen molar-refractivity contribution >= 4 is 43.3 Å². The normalized spacial score (nSPS) is 14.5. The molecule has 0 saturated heterocycles. The van der Waals surface area contributed by atoms with E-state index in [1.54, 1.807) is 25.3 Å². The van der Waals surface area contributed by atoms with Gasteiger partial charge < -0.3 is 15.4 Å². The molecule has 3 aromatic rings. The molecule has 33 heavy (non-hydrogen) atoms. The molecule has 0 radical (unpaired) electrons. The number of carbonyl (C=O) groups is 2. The SMILES string of the molecule is COc1c(C(=O)NCCNCCCCN2C(=O)c3ccccc3S2(=O)=O)sc2ccccc12. The predicted octanol–water partition coefficient (Wildman–Crippen LogP) is 2.85. The van der Waals surface area contributed by atoms with Gasteiger partial charge in [0, 0.05) is 29.7 Å². The van der Waals surface area contributed by atoms with Crippen LogP contribution in [0.4, 0.5) is 0 Å². The number of nitrogens with zero attached hydrogens (tertiary/aromatic N) is 1. The first-order chi connectivity index (χ1) is 15.9. The lowest BCUT2D eigenvalue weighted by Crippen LogP contribution is -2.33. The summed E-state index contributed by atoms with van der Waals surface area (Å²) < 4.78 is 32.4. The van der Waals surface area contributed by atoms with Crippen molar-refractivity contribution in [3.63, 3.8) is 0 Å². The number of methoxy groups -OCH3 is 1. The second kappa shape index (κ2) is 9.90. The molecule has 4 rings (SSSR count). The molecule has 0 fully saturated rings. The molecule has 174 valence electrons. The standard InChI is InChI=1S/C23H25N3O5S2/c1-31-20-16-8-2-4-10-18(16)32-21(20)22(27)25-14-13-24-12-6-7-15-26-23(28)17-9-3-5-11-19(17)33(26,29)30/h2-5,8-11,24H,6-7,12-15H2,1H3,(H,25,27). The third-order valence-electron chi connectivity index (χ3n) is 5.42. The Kier molecular flexibility index (Phi) is 6.96. The number of fused-ring (bicyclic) bond motifs is 2. The van der Waals surface area contributed by atoms with Crippen LogP contribution < -0.4 is 15.4 Å². The maximum absolute atomic E-state index is 12.6. The molecular formula is C23H25N3O5S2. The van der Waals surface area contributed by atoms with Crippen molar-refractivity contribution < 1.29 is 22.7 Å². The minimum absolute atomic E-state index is 0.0825. The van der Waals surface area contributed by atoms with Crippen molar-refractivity contribution in [2.75, 3.05) is 33.3 Å². The van der Waals surface area contributed by atoms with Gasteiger partial charge in [-0.3, -0.25) is 9.59 Å². The average molecular weight is 488 g/mol. The van der Waals surface area contributed by atoms with Crippen molar-refractivity contribution in [1.82, 2.24) is 14.9 Å². The zero-order valence-electron chi connectivity index (χ0n) is 18.2. The molecule has 0 unspecified atom stereocenters. The molecule has 0 aliphatic carbocycles. The zero-order valence-corrected chi connectivity index (χ0v) is 19.8. The maximum atomic E-state index is 12.6. The molecule has 8 nitrogen and oxygen atoms in total. The van der Waals surface area contributed by atoms with E-state index in [4.69, 9.17) is 4.74 Å².